The molecule has 142 valence electrons. The van der Waals surface area contributed by atoms with Crippen LogP contribution in [0.5, 0.6) is 0 Å². The van der Waals surface area contributed by atoms with E-state index in [4.69, 9.17) is 4.42 Å². The van der Waals surface area contributed by atoms with Gasteiger partial charge in [0, 0.05) is 38.7 Å². The number of rotatable bonds is 5. The molecule has 1 aliphatic heterocycles. The zero-order valence-electron chi connectivity index (χ0n) is 14.9. The molecule has 0 saturated carbocycles. The van der Waals surface area contributed by atoms with Gasteiger partial charge in [-0.05, 0) is 38.3 Å². The number of amides is 1. The summed E-state index contributed by atoms with van der Waals surface area (Å²) in [6.45, 7) is 2.78. The number of nitrogens with zero attached hydrogens (tertiary/aromatic N) is 2. The van der Waals surface area contributed by atoms with Crippen molar-refractivity contribution in [2.24, 2.45) is 7.05 Å². The molecular weight excluding hydrogens is 358 g/mol. The summed E-state index contributed by atoms with van der Waals surface area (Å²) in [5.74, 6) is -0.590. The van der Waals surface area contributed by atoms with E-state index < -0.39 is 15.8 Å². The molecule has 8 nitrogen and oxygen atoms in total. The number of hydrogen-bond acceptors (Lipinski definition) is 5. The number of sulfonamides is 1. The Hall–Kier alpha value is -2.13. The van der Waals surface area contributed by atoms with E-state index in [1.807, 2.05) is 11.8 Å². The summed E-state index contributed by atoms with van der Waals surface area (Å²) in [4.78, 5) is 25.6. The third-order valence-electron chi connectivity index (χ3n) is 4.83. The van der Waals surface area contributed by atoms with Crippen LogP contribution in [0.15, 0.2) is 32.3 Å². The molecule has 9 heteroatoms. The summed E-state index contributed by atoms with van der Waals surface area (Å²) in [5.41, 5.74) is 0.724. The van der Waals surface area contributed by atoms with Gasteiger partial charge >= 0.3 is 5.76 Å². The first-order valence-corrected chi connectivity index (χ1v) is 10.2. The van der Waals surface area contributed by atoms with Crippen molar-refractivity contribution in [2.75, 3.05) is 13.1 Å². The van der Waals surface area contributed by atoms with Crippen LogP contribution in [-0.4, -0.2) is 42.9 Å². The average molecular weight is 381 g/mol. The molecule has 1 amide bonds. The first-order chi connectivity index (χ1) is 12.3. The second-order valence-electron chi connectivity index (χ2n) is 6.64. The van der Waals surface area contributed by atoms with Crippen LogP contribution in [0, 0.1) is 0 Å². The Balaban J connectivity index is 1.65. The summed E-state index contributed by atoms with van der Waals surface area (Å²) < 4.78 is 33.6. The van der Waals surface area contributed by atoms with Gasteiger partial charge < -0.3 is 9.32 Å². The fourth-order valence-electron chi connectivity index (χ4n) is 3.27. The minimum Gasteiger partial charge on any atom is -0.408 e. The normalized spacial score (nSPS) is 18.4. The van der Waals surface area contributed by atoms with Gasteiger partial charge in [-0.1, -0.05) is 0 Å². The molecular formula is C17H23N3O5S. The van der Waals surface area contributed by atoms with E-state index in [2.05, 4.69) is 4.72 Å². The number of fused-ring (bicyclic) bond motifs is 1. The second kappa shape index (κ2) is 7.24. The summed E-state index contributed by atoms with van der Waals surface area (Å²) in [6.07, 6.45) is 3.21. The molecule has 1 saturated heterocycles. The monoisotopic (exact) mass is 381 g/mol. The Morgan fingerprint density at radius 1 is 1.35 bits per heavy atom. The van der Waals surface area contributed by atoms with E-state index in [1.54, 1.807) is 7.05 Å². The van der Waals surface area contributed by atoms with E-state index >= 15 is 0 Å². The molecule has 3 rings (SSSR count). The Morgan fingerprint density at radius 2 is 2.12 bits per heavy atom. The summed E-state index contributed by atoms with van der Waals surface area (Å²) in [5, 5.41) is 0. The van der Waals surface area contributed by atoms with Crippen LogP contribution in [0.1, 0.15) is 32.6 Å². The molecule has 1 atom stereocenters. The van der Waals surface area contributed by atoms with Crippen molar-refractivity contribution >= 4 is 27.0 Å². The highest BCUT2D eigenvalue weighted by atomic mass is 32.2. The Bertz CT molecular complexity index is 976. The van der Waals surface area contributed by atoms with E-state index in [9.17, 15) is 18.0 Å². The van der Waals surface area contributed by atoms with E-state index in [-0.39, 0.29) is 35.4 Å². The van der Waals surface area contributed by atoms with Gasteiger partial charge in [-0.25, -0.2) is 17.9 Å². The first kappa shape index (κ1) is 18.7. The maximum atomic E-state index is 12.4. The van der Waals surface area contributed by atoms with Crippen LogP contribution < -0.4 is 10.5 Å². The topological polar surface area (TPSA) is 102 Å². The number of carbonyl (C=O) groups excluding carboxylic acids is 1. The first-order valence-electron chi connectivity index (χ1n) is 8.68. The molecule has 1 aliphatic rings. The quantitative estimate of drug-likeness (QED) is 0.839. The maximum absolute atomic E-state index is 12.4. The van der Waals surface area contributed by atoms with E-state index in [0.29, 0.717) is 5.52 Å². The number of benzene rings is 1. The van der Waals surface area contributed by atoms with Crippen molar-refractivity contribution in [3.05, 3.63) is 28.7 Å². The van der Waals surface area contributed by atoms with Crippen molar-refractivity contribution in [3.8, 4) is 0 Å². The summed E-state index contributed by atoms with van der Waals surface area (Å²) >= 11 is 0. The number of carbonyl (C=O) groups is 1. The van der Waals surface area contributed by atoms with Crippen LogP contribution in [-0.2, 0) is 21.9 Å². The molecule has 2 aromatic rings. The van der Waals surface area contributed by atoms with Gasteiger partial charge in [0.15, 0.2) is 5.58 Å². The van der Waals surface area contributed by atoms with Gasteiger partial charge in [0.2, 0.25) is 15.9 Å². The minimum absolute atomic E-state index is 0.00172. The maximum Gasteiger partial charge on any atom is 0.419 e. The lowest BCUT2D eigenvalue weighted by Crippen LogP contribution is -2.43. The third kappa shape index (κ3) is 3.68. The van der Waals surface area contributed by atoms with E-state index in [0.717, 1.165) is 25.8 Å². The SMILES string of the molecule is C[C@H]1CCCCN1C(=O)CCNS(=O)(=O)c1ccc2c(c1)oc(=O)n2C. The summed E-state index contributed by atoms with van der Waals surface area (Å²) in [6, 6.07) is 4.45. The van der Waals surface area contributed by atoms with Crippen LogP contribution >= 0.6 is 0 Å². The molecule has 2 heterocycles. The van der Waals surface area contributed by atoms with Gasteiger partial charge in [-0.2, -0.15) is 0 Å². The largest absolute Gasteiger partial charge is 0.419 e. The van der Waals surface area contributed by atoms with Crippen molar-refractivity contribution < 1.29 is 17.6 Å². The zero-order chi connectivity index (χ0) is 18.9. The second-order valence-corrected chi connectivity index (χ2v) is 8.40. The number of aryl methyl sites for hydroxylation is 1. The van der Waals surface area contributed by atoms with Gasteiger partial charge in [0.05, 0.1) is 10.4 Å². The zero-order valence-corrected chi connectivity index (χ0v) is 15.7. The van der Waals surface area contributed by atoms with Crippen molar-refractivity contribution in [2.45, 2.75) is 43.5 Å². The standard InChI is InChI=1S/C17H23N3O5S/c1-12-5-3-4-10-20(12)16(21)8-9-18-26(23,24)13-6-7-14-15(11-13)25-17(22)19(14)2/h6-7,11-12,18H,3-5,8-10H2,1-2H3/t12-/m0/s1. The highest BCUT2D eigenvalue weighted by Gasteiger charge is 2.23. The minimum atomic E-state index is -3.79. The molecule has 0 radical (unpaired) electrons. The van der Waals surface area contributed by atoms with Gasteiger partial charge in [-0.3, -0.25) is 9.36 Å². The van der Waals surface area contributed by atoms with Crippen LogP contribution in [0.3, 0.4) is 0 Å². The molecule has 1 fully saturated rings. The van der Waals surface area contributed by atoms with E-state index in [1.165, 1.54) is 22.8 Å². The van der Waals surface area contributed by atoms with Gasteiger partial charge in [-0.15, -0.1) is 0 Å². The average Bonchev–Trinajstić information content (AvgIpc) is 2.89. The van der Waals surface area contributed by atoms with Crippen molar-refractivity contribution in [1.29, 1.82) is 0 Å². The van der Waals surface area contributed by atoms with Crippen LogP contribution in [0.25, 0.3) is 11.1 Å². The molecule has 1 aromatic carbocycles. The molecule has 0 bridgehead atoms. The van der Waals surface area contributed by atoms with Crippen molar-refractivity contribution in [1.82, 2.24) is 14.2 Å². The number of hydrogen-bond donors (Lipinski definition) is 1. The fraction of sp³-hybridized carbons (Fsp3) is 0.529. The molecule has 1 N–H and O–H groups in total. The molecule has 0 aliphatic carbocycles. The predicted molar refractivity (Wildman–Crippen MR) is 96.3 cm³/mol. The number of oxazole rings is 1. The Kier molecular flexibility index (Phi) is 5.19. The van der Waals surface area contributed by atoms with Gasteiger partial charge in [0.25, 0.3) is 0 Å². The number of aromatic nitrogens is 1. The Morgan fingerprint density at radius 3 is 2.85 bits per heavy atom. The molecule has 26 heavy (non-hydrogen) atoms. The third-order valence-corrected chi connectivity index (χ3v) is 6.29. The summed E-state index contributed by atoms with van der Waals surface area (Å²) in [7, 11) is -2.24. The molecule has 0 unspecified atom stereocenters. The lowest BCUT2D eigenvalue weighted by molar-refractivity contribution is -0.134. The number of likely N-dealkylation sites (tertiary alicyclic amines) is 1. The highest BCUT2D eigenvalue weighted by Crippen LogP contribution is 2.19. The fourth-order valence-corrected chi connectivity index (χ4v) is 4.32. The number of nitrogens with one attached hydrogen (secondary N) is 1. The van der Waals surface area contributed by atoms with Crippen LogP contribution in [0.4, 0.5) is 0 Å². The smallest absolute Gasteiger partial charge is 0.408 e. The molecule has 1 aromatic heterocycles. The highest BCUT2D eigenvalue weighted by molar-refractivity contribution is 7.89. The lowest BCUT2D eigenvalue weighted by Gasteiger charge is -2.33. The molecule has 0 spiro atoms. The Labute approximate surface area is 151 Å². The number of piperidine rings is 1. The predicted octanol–water partition coefficient (Wildman–Crippen LogP) is 1.20. The lowest BCUT2D eigenvalue weighted by atomic mass is 10.0. The van der Waals surface area contributed by atoms with Crippen LogP contribution in [0.2, 0.25) is 0 Å². The van der Waals surface area contributed by atoms with Gasteiger partial charge in [0.1, 0.15) is 0 Å². The van der Waals surface area contributed by atoms with Crippen molar-refractivity contribution in [3.63, 3.8) is 0 Å².